The average Bonchev–Trinajstić information content (AvgIpc) is 2.29. The largest absolute Gasteiger partial charge is 0.312 e. The highest BCUT2D eigenvalue weighted by molar-refractivity contribution is 5.15. The Morgan fingerprint density at radius 2 is 2.24 bits per heavy atom. The molecular weight excluding hydrogens is 213 g/mol. The van der Waals surface area contributed by atoms with Crippen molar-refractivity contribution >= 4 is 0 Å². The lowest BCUT2D eigenvalue weighted by molar-refractivity contribution is 0.274. The normalized spacial score (nSPS) is 24.8. The van der Waals surface area contributed by atoms with Gasteiger partial charge < -0.3 is 5.32 Å². The van der Waals surface area contributed by atoms with Crippen molar-refractivity contribution in [3.63, 3.8) is 0 Å². The molecule has 2 heteroatoms. The van der Waals surface area contributed by atoms with Gasteiger partial charge in [-0.25, -0.2) is 4.39 Å². The number of nitrogens with one attached hydrogen (secondary N) is 1. The van der Waals surface area contributed by atoms with Crippen LogP contribution in [0.2, 0.25) is 0 Å². The Kier molecular flexibility index (Phi) is 4.55. The molecule has 1 aliphatic carbocycles. The highest BCUT2D eigenvalue weighted by atomic mass is 19.1. The maximum Gasteiger partial charge on any atom is 0.123 e. The Balaban J connectivity index is 1.72. The molecule has 1 nitrogen and oxygen atoms in total. The van der Waals surface area contributed by atoms with E-state index < -0.39 is 0 Å². The predicted octanol–water partition coefficient (Wildman–Crippen LogP) is 3.74. The van der Waals surface area contributed by atoms with E-state index in [0.717, 1.165) is 30.5 Å². The summed E-state index contributed by atoms with van der Waals surface area (Å²) >= 11 is 0. The minimum atomic E-state index is -0.143. The van der Waals surface area contributed by atoms with Crippen molar-refractivity contribution in [2.75, 3.05) is 6.54 Å². The van der Waals surface area contributed by atoms with E-state index in [4.69, 9.17) is 0 Å². The SMILES string of the molecule is CC1CCCC(CNCc2cccc(F)c2)C1. The molecule has 94 valence electrons. The summed E-state index contributed by atoms with van der Waals surface area (Å²) in [6.45, 7) is 4.20. The van der Waals surface area contributed by atoms with Crippen molar-refractivity contribution in [1.29, 1.82) is 0 Å². The molecule has 17 heavy (non-hydrogen) atoms. The van der Waals surface area contributed by atoms with Gasteiger partial charge in [0.1, 0.15) is 5.82 Å². The lowest BCUT2D eigenvalue weighted by Gasteiger charge is -2.26. The van der Waals surface area contributed by atoms with Crippen molar-refractivity contribution in [1.82, 2.24) is 5.32 Å². The minimum absolute atomic E-state index is 0.143. The first-order valence-corrected chi connectivity index (χ1v) is 6.69. The van der Waals surface area contributed by atoms with Gasteiger partial charge in [0.05, 0.1) is 0 Å². The highest BCUT2D eigenvalue weighted by Crippen LogP contribution is 2.27. The Bertz CT molecular complexity index is 351. The second-order valence-corrected chi connectivity index (χ2v) is 5.40. The van der Waals surface area contributed by atoms with Gasteiger partial charge in [0.25, 0.3) is 0 Å². The fourth-order valence-corrected chi connectivity index (χ4v) is 2.81. The molecule has 2 rings (SSSR count). The van der Waals surface area contributed by atoms with Crippen LogP contribution in [0, 0.1) is 17.7 Å². The summed E-state index contributed by atoms with van der Waals surface area (Å²) in [5, 5.41) is 3.45. The topological polar surface area (TPSA) is 12.0 Å². The van der Waals surface area contributed by atoms with E-state index >= 15 is 0 Å². The Labute approximate surface area is 103 Å². The van der Waals surface area contributed by atoms with E-state index in [9.17, 15) is 4.39 Å². The van der Waals surface area contributed by atoms with Gasteiger partial charge in [-0.3, -0.25) is 0 Å². The molecule has 1 aromatic rings. The van der Waals surface area contributed by atoms with E-state index in [1.807, 2.05) is 6.07 Å². The molecule has 0 amide bonds. The molecule has 0 aliphatic heterocycles. The maximum absolute atomic E-state index is 13.0. The van der Waals surface area contributed by atoms with Crippen LogP contribution in [0.5, 0.6) is 0 Å². The summed E-state index contributed by atoms with van der Waals surface area (Å²) in [6, 6.07) is 6.84. The molecular formula is C15H22FN. The molecule has 1 aromatic carbocycles. The Morgan fingerprint density at radius 1 is 1.35 bits per heavy atom. The second kappa shape index (κ2) is 6.15. The summed E-state index contributed by atoms with van der Waals surface area (Å²) in [7, 11) is 0. The average molecular weight is 235 g/mol. The second-order valence-electron chi connectivity index (χ2n) is 5.40. The standard InChI is InChI=1S/C15H22FN/c1-12-4-2-5-13(8-12)10-17-11-14-6-3-7-15(16)9-14/h3,6-7,9,12-13,17H,2,4-5,8,10-11H2,1H3. The summed E-state index contributed by atoms with van der Waals surface area (Å²) in [4.78, 5) is 0. The quantitative estimate of drug-likeness (QED) is 0.838. The molecule has 0 aromatic heterocycles. The van der Waals surface area contributed by atoms with Gasteiger partial charge in [-0.15, -0.1) is 0 Å². The fraction of sp³-hybridized carbons (Fsp3) is 0.600. The van der Waals surface area contributed by atoms with Crippen LogP contribution < -0.4 is 5.32 Å². The van der Waals surface area contributed by atoms with Crippen molar-refractivity contribution in [3.8, 4) is 0 Å². The lowest BCUT2D eigenvalue weighted by atomic mass is 9.82. The number of benzene rings is 1. The predicted molar refractivity (Wildman–Crippen MR) is 69.2 cm³/mol. The van der Waals surface area contributed by atoms with Crippen LogP contribution in [0.25, 0.3) is 0 Å². The Hall–Kier alpha value is -0.890. The van der Waals surface area contributed by atoms with Gasteiger partial charge in [-0.1, -0.05) is 31.9 Å². The number of halogens is 1. The van der Waals surface area contributed by atoms with Crippen molar-refractivity contribution < 1.29 is 4.39 Å². The van der Waals surface area contributed by atoms with Crippen LogP contribution in [0.4, 0.5) is 4.39 Å². The third-order valence-electron chi connectivity index (χ3n) is 3.70. The first-order valence-electron chi connectivity index (χ1n) is 6.69. The van der Waals surface area contributed by atoms with Crippen LogP contribution >= 0.6 is 0 Å². The van der Waals surface area contributed by atoms with E-state index in [0.29, 0.717) is 0 Å². The number of hydrogen-bond acceptors (Lipinski definition) is 1. The van der Waals surface area contributed by atoms with E-state index in [1.54, 1.807) is 12.1 Å². The summed E-state index contributed by atoms with van der Waals surface area (Å²) < 4.78 is 13.0. The van der Waals surface area contributed by atoms with Gasteiger partial charge in [-0.05, 0) is 48.9 Å². The molecule has 0 radical (unpaired) electrons. The third-order valence-corrected chi connectivity index (χ3v) is 3.70. The molecule has 2 atom stereocenters. The van der Waals surface area contributed by atoms with E-state index in [2.05, 4.69) is 12.2 Å². The zero-order valence-corrected chi connectivity index (χ0v) is 10.6. The minimum Gasteiger partial charge on any atom is -0.312 e. The fourth-order valence-electron chi connectivity index (χ4n) is 2.81. The van der Waals surface area contributed by atoms with Crippen molar-refractivity contribution in [2.24, 2.45) is 11.8 Å². The van der Waals surface area contributed by atoms with Gasteiger partial charge in [-0.2, -0.15) is 0 Å². The van der Waals surface area contributed by atoms with Crippen LogP contribution in [0.15, 0.2) is 24.3 Å². The van der Waals surface area contributed by atoms with Gasteiger partial charge in [0.15, 0.2) is 0 Å². The molecule has 0 saturated heterocycles. The van der Waals surface area contributed by atoms with Crippen molar-refractivity contribution in [2.45, 2.75) is 39.2 Å². The smallest absolute Gasteiger partial charge is 0.123 e. The van der Waals surface area contributed by atoms with Gasteiger partial charge >= 0.3 is 0 Å². The molecule has 2 unspecified atom stereocenters. The van der Waals surface area contributed by atoms with Gasteiger partial charge in [0.2, 0.25) is 0 Å². The number of rotatable bonds is 4. The summed E-state index contributed by atoms with van der Waals surface area (Å²) in [5.41, 5.74) is 1.04. The zero-order chi connectivity index (χ0) is 12.1. The van der Waals surface area contributed by atoms with E-state index in [-0.39, 0.29) is 5.82 Å². The zero-order valence-electron chi connectivity index (χ0n) is 10.6. The summed E-state index contributed by atoms with van der Waals surface area (Å²) in [6.07, 6.45) is 5.45. The molecule has 1 fully saturated rings. The third kappa shape index (κ3) is 4.12. The van der Waals surface area contributed by atoms with Crippen LogP contribution in [-0.2, 0) is 6.54 Å². The van der Waals surface area contributed by atoms with Crippen molar-refractivity contribution in [3.05, 3.63) is 35.6 Å². The molecule has 1 saturated carbocycles. The lowest BCUT2D eigenvalue weighted by Crippen LogP contribution is -2.26. The van der Waals surface area contributed by atoms with Gasteiger partial charge in [0, 0.05) is 6.54 Å². The van der Waals surface area contributed by atoms with Crippen LogP contribution in [-0.4, -0.2) is 6.54 Å². The molecule has 0 heterocycles. The Morgan fingerprint density at radius 3 is 3.00 bits per heavy atom. The monoisotopic (exact) mass is 235 g/mol. The van der Waals surface area contributed by atoms with Crippen LogP contribution in [0.3, 0.4) is 0 Å². The number of hydrogen-bond donors (Lipinski definition) is 1. The first-order chi connectivity index (χ1) is 8.24. The van der Waals surface area contributed by atoms with Crippen LogP contribution in [0.1, 0.15) is 38.2 Å². The molecule has 1 N–H and O–H groups in total. The molecule has 0 spiro atoms. The molecule has 1 aliphatic rings. The van der Waals surface area contributed by atoms with E-state index in [1.165, 1.54) is 31.7 Å². The molecule has 0 bridgehead atoms. The maximum atomic E-state index is 13.0. The highest BCUT2D eigenvalue weighted by Gasteiger charge is 2.18. The summed E-state index contributed by atoms with van der Waals surface area (Å²) in [5.74, 6) is 1.55. The first kappa shape index (κ1) is 12.6.